The largest absolute Gasteiger partial charge is 0.396 e. The number of hydroxylamine groups is 2. The standard InChI is InChI=1S/C11H17NO6.C9H18O3.CH5N.CH4/c13-6-2-8-17-7-1-3-11(16)18-12-9(14)4-5-10(12)15;1-2-9(11)5-3-7-12-8-4-6-10;1-2;/h13H,1-8H2;10H,2-8H2,1H3;2H2,1H3;1H4. The van der Waals surface area contributed by atoms with Crippen LogP contribution in [0.3, 0.4) is 0 Å². The topological polar surface area (TPSA) is 166 Å². The fourth-order valence-corrected chi connectivity index (χ4v) is 2.21. The highest BCUT2D eigenvalue weighted by Crippen LogP contribution is 2.12. The van der Waals surface area contributed by atoms with Crippen LogP contribution in [-0.4, -0.2) is 85.5 Å². The lowest BCUT2D eigenvalue weighted by molar-refractivity contribution is -0.197. The summed E-state index contributed by atoms with van der Waals surface area (Å²) in [7, 11) is 1.50. The number of amides is 2. The van der Waals surface area contributed by atoms with Gasteiger partial charge in [0, 0.05) is 65.3 Å². The zero-order chi connectivity index (χ0) is 24.6. The quantitative estimate of drug-likeness (QED) is 0.215. The van der Waals surface area contributed by atoms with Crippen molar-refractivity contribution in [1.29, 1.82) is 0 Å². The van der Waals surface area contributed by atoms with Gasteiger partial charge in [-0.2, -0.15) is 0 Å². The third-order valence-corrected chi connectivity index (χ3v) is 3.90. The fourth-order valence-electron chi connectivity index (χ4n) is 2.21. The van der Waals surface area contributed by atoms with Crippen LogP contribution >= 0.6 is 0 Å². The average Bonchev–Trinajstić information content (AvgIpc) is 3.12. The van der Waals surface area contributed by atoms with Crippen molar-refractivity contribution in [1.82, 2.24) is 5.06 Å². The van der Waals surface area contributed by atoms with Crippen LogP contribution in [0, 0.1) is 0 Å². The molecule has 1 heterocycles. The number of ketones is 1. The molecule has 0 aromatic carbocycles. The number of Topliss-reactive ketones (excluding diaryl/α,β-unsaturated/α-hetero) is 1. The van der Waals surface area contributed by atoms with Crippen molar-refractivity contribution < 1.29 is 43.7 Å². The second-order valence-corrected chi connectivity index (χ2v) is 6.52. The molecular weight excluding hydrogens is 436 g/mol. The zero-order valence-corrected chi connectivity index (χ0v) is 19.4. The van der Waals surface area contributed by atoms with Crippen molar-refractivity contribution in [3.8, 4) is 0 Å². The number of nitrogens with two attached hydrogens (primary N) is 1. The number of hydrogen-bond acceptors (Lipinski definition) is 10. The Morgan fingerprint density at radius 1 is 0.848 bits per heavy atom. The molecule has 2 amide bonds. The van der Waals surface area contributed by atoms with Crippen molar-refractivity contribution in [2.75, 3.05) is 46.7 Å². The van der Waals surface area contributed by atoms with Crippen LogP contribution in [0.4, 0.5) is 0 Å². The van der Waals surface area contributed by atoms with E-state index in [4.69, 9.17) is 19.7 Å². The van der Waals surface area contributed by atoms with E-state index in [1.54, 1.807) is 0 Å². The highest BCUT2D eigenvalue weighted by Gasteiger charge is 2.32. The zero-order valence-electron chi connectivity index (χ0n) is 19.4. The van der Waals surface area contributed by atoms with Crippen molar-refractivity contribution in [3.05, 3.63) is 0 Å². The molecule has 0 radical (unpaired) electrons. The SMILES string of the molecule is C.CCC(=O)CCCOCCCO.CN.O=C(CCCOCCCO)ON1C(=O)CCC1=O. The lowest BCUT2D eigenvalue weighted by atomic mass is 10.2. The predicted molar refractivity (Wildman–Crippen MR) is 123 cm³/mol. The van der Waals surface area contributed by atoms with E-state index in [0.717, 1.165) is 6.42 Å². The molecule has 0 aromatic rings. The first-order chi connectivity index (χ1) is 15.5. The summed E-state index contributed by atoms with van der Waals surface area (Å²) in [5.41, 5.74) is 4.50. The van der Waals surface area contributed by atoms with Gasteiger partial charge in [0.15, 0.2) is 0 Å². The predicted octanol–water partition coefficient (Wildman–Crippen LogP) is 1.13. The van der Waals surface area contributed by atoms with Gasteiger partial charge in [0.2, 0.25) is 0 Å². The van der Waals surface area contributed by atoms with Crippen LogP contribution < -0.4 is 5.73 Å². The maximum absolute atomic E-state index is 11.3. The normalized spacial score (nSPS) is 12.2. The molecule has 33 heavy (non-hydrogen) atoms. The van der Waals surface area contributed by atoms with Gasteiger partial charge < -0.3 is 30.3 Å². The number of imide groups is 1. The molecule has 11 heteroatoms. The van der Waals surface area contributed by atoms with Gasteiger partial charge in [-0.1, -0.05) is 14.4 Å². The first-order valence-electron chi connectivity index (χ1n) is 11.0. The van der Waals surface area contributed by atoms with Crippen molar-refractivity contribution in [2.45, 2.75) is 72.1 Å². The fraction of sp³-hybridized carbons (Fsp3) is 0.818. The summed E-state index contributed by atoms with van der Waals surface area (Å²) in [5, 5.41) is 17.4. The van der Waals surface area contributed by atoms with E-state index in [0.29, 0.717) is 69.4 Å². The first-order valence-corrected chi connectivity index (χ1v) is 11.0. The van der Waals surface area contributed by atoms with Crippen molar-refractivity contribution >= 4 is 23.6 Å². The van der Waals surface area contributed by atoms with E-state index in [1.807, 2.05) is 6.92 Å². The van der Waals surface area contributed by atoms with E-state index in [-0.39, 0.29) is 39.9 Å². The van der Waals surface area contributed by atoms with Gasteiger partial charge >= 0.3 is 5.97 Å². The number of ether oxygens (including phenoxy) is 2. The number of rotatable bonds is 16. The van der Waals surface area contributed by atoms with Gasteiger partial charge in [0.1, 0.15) is 5.78 Å². The van der Waals surface area contributed by atoms with Gasteiger partial charge in [0.05, 0.1) is 6.42 Å². The highest BCUT2D eigenvalue weighted by molar-refractivity contribution is 6.01. The Bertz CT molecular complexity index is 500. The minimum atomic E-state index is -0.621. The first kappa shape index (κ1) is 35.7. The Morgan fingerprint density at radius 3 is 1.70 bits per heavy atom. The number of aliphatic hydroxyl groups excluding tert-OH is 2. The Labute approximate surface area is 197 Å². The number of carbonyl (C=O) groups is 4. The average molecular weight is 481 g/mol. The van der Waals surface area contributed by atoms with Gasteiger partial charge in [0.25, 0.3) is 11.8 Å². The third-order valence-electron chi connectivity index (χ3n) is 3.90. The molecule has 0 bridgehead atoms. The summed E-state index contributed by atoms with van der Waals surface area (Å²) < 4.78 is 10.3. The second-order valence-electron chi connectivity index (χ2n) is 6.52. The summed E-state index contributed by atoms with van der Waals surface area (Å²) in [6.45, 7) is 4.15. The number of hydrogen-bond donors (Lipinski definition) is 3. The molecular formula is C22H44N2O9. The third kappa shape index (κ3) is 21.7. The molecule has 4 N–H and O–H groups in total. The molecule has 1 rings (SSSR count). The maximum Gasteiger partial charge on any atom is 0.333 e. The Morgan fingerprint density at radius 2 is 1.27 bits per heavy atom. The molecule has 1 saturated heterocycles. The van der Waals surface area contributed by atoms with E-state index in [1.165, 1.54) is 7.05 Å². The van der Waals surface area contributed by atoms with Crippen LogP contribution in [0.5, 0.6) is 0 Å². The minimum absolute atomic E-state index is 0. The lowest BCUT2D eigenvalue weighted by Gasteiger charge is -2.12. The van der Waals surface area contributed by atoms with E-state index < -0.39 is 17.8 Å². The van der Waals surface area contributed by atoms with Crippen molar-refractivity contribution in [3.63, 3.8) is 0 Å². The Kier molecular flexibility index (Phi) is 28.5. The van der Waals surface area contributed by atoms with E-state index in [9.17, 15) is 19.2 Å². The van der Waals surface area contributed by atoms with E-state index in [2.05, 4.69) is 10.6 Å². The van der Waals surface area contributed by atoms with Gasteiger partial charge in [-0.3, -0.25) is 14.4 Å². The molecule has 0 aromatic heterocycles. The maximum atomic E-state index is 11.3. The molecule has 196 valence electrons. The molecule has 0 aliphatic carbocycles. The van der Waals surface area contributed by atoms with Crippen LogP contribution in [0.1, 0.15) is 72.1 Å². The molecule has 1 aliphatic rings. The molecule has 0 saturated carbocycles. The summed E-state index contributed by atoms with van der Waals surface area (Å²) in [4.78, 5) is 49.1. The molecule has 0 atom stereocenters. The highest BCUT2D eigenvalue weighted by atomic mass is 16.7. The van der Waals surface area contributed by atoms with Gasteiger partial charge in [-0.15, -0.1) is 5.06 Å². The summed E-state index contributed by atoms with van der Waals surface area (Å²) in [5.74, 6) is -1.29. The Balaban J connectivity index is -0.000000527. The summed E-state index contributed by atoms with van der Waals surface area (Å²) in [6, 6.07) is 0. The molecule has 0 spiro atoms. The lowest BCUT2D eigenvalue weighted by Crippen LogP contribution is -2.32. The van der Waals surface area contributed by atoms with Gasteiger partial charge in [-0.25, -0.2) is 4.79 Å². The van der Waals surface area contributed by atoms with Crippen LogP contribution in [0.15, 0.2) is 0 Å². The number of carbonyl (C=O) groups excluding carboxylic acids is 4. The summed E-state index contributed by atoms with van der Waals surface area (Å²) >= 11 is 0. The number of aliphatic hydroxyl groups is 2. The van der Waals surface area contributed by atoms with Gasteiger partial charge in [-0.05, 0) is 32.7 Å². The monoisotopic (exact) mass is 480 g/mol. The molecule has 1 fully saturated rings. The van der Waals surface area contributed by atoms with Crippen LogP contribution in [0.25, 0.3) is 0 Å². The minimum Gasteiger partial charge on any atom is -0.396 e. The molecule has 0 unspecified atom stereocenters. The Hall–Kier alpha value is -1.92. The van der Waals surface area contributed by atoms with E-state index >= 15 is 0 Å². The smallest absolute Gasteiger partial charge is 0.333 e. The second kappa shape index (κ2) is 26.3. The number of nitrogens with zero attached hydrogens (tertiary/aromatic N) is 1. The van der Waals surface area contributed by atoms with Crippen molar-refractivity contribution in [2.24, 2.45) is 5.73 Å². The molecule has 11 nitrogen and oxygen atoms in total. The molecule has 1 aliphatic heterocycles. The van der Waals surface area contributed by atoms with Crippen LogP contribution in [-0.2, 0) is 33.5 Å². The van der Waals surface area contributed by atoms with Crippen LogP contribution in [0.2, 0.25) is 0 Å². The summed E-state index contributed by atoms with van der Waals surface area (Å²) in [6.07, 6.45) is 4.00.